The second kappa shape index (κ2) is 7.71. The molecule has 1 aliphatic carbocycles. The first-order chi connectivity index (χ1) is 5.00. The summed E-state index contributed by atoms with van der Waals surface area (Å²) in [6.45, 7) is 0. The normalized spacial score (nSPS) is 13.1. The van der Waals surface area contributed by atoms with E-state index in [0.29, 0.717) is 0 Å². The van der Waals surface area contributed by atoms with E-state index in [1.165, 1.54) is 12.8 Å². The van der Waals surface area contributed by atoms with Crippen molar-refractivity contribution in [2.75, 3.05) is 0 Å². The van der Waals surface area contributed by atoms with Crippen LogP contribution in [0.1, 0.15) is 12.8 Å². The summed E-state index contributed by atoms with van der Waals surface area (Å²) in [5.41, 5.74) is 0. The largest absolute Gasteiger partial charge is 2.00 e. The van der Waals surface area contributed by atoms with E-state index in [1.54, 1.807) is 0 Å². The molecule has 1 aromatic rings. The zero-order valence-electron chi connectivity index (χ0n) is 6.39. The molecule has 1 aromatic carbocycles. The Morgan fingerprint density at radius 1 is 0.909 bits per heavy atom. The molecule has 0 nitrogen and oxygen atoms in total. The average molecular weight is 188 g/mol. The van der Waals surface area contributed by atoms with Crippen LogP contribution in [0, 0.1) is 6.42 Å². The molecule has 0 bridgehead atoms. The summed E-state index contributed by atoms with van der Waals surface area (Å²) in [5, 5.41) is 0. The second-order valence-corrected chi connectivity index (χ2v) is 2.19. The monoisotopic (exact) mass is 188 g/mol. The Hall–Kier alpha value is -0.391. The van der Waals surface area contributed by atoms with Gasteiger partial charge in [0.2, 0.25) is 0 Å². The van der Waals surface area contributed by atoms with E-state index < -0.39 is 0 Å². The van der Waals surface area contributed by atoms with Gasteiger partial charge in [0, 0.05) is 0 Å². The van der Waals surface area contributed by atoms with Crippen molar-refractivity contribution in [2.24, 2.45) is 0 Å². The molecular weight excluding hydrogens is 176 g/mol. The van der Waals surface area contributed by atoms with Gasteiger partial charge in [-0.25, -0.2) is 12.1 Å². The van der Waals surface area contributed by atoms with Gasteiger partial charge in [0.25, 0.3) is 0 Å². The molecule has 0 heterocycles. The standard InChI is InChI=1S/C5H7.C5H5.Fe/c2*1-2-4-5-3-1;/h1-2,5H,3-4H2;1-5H;/q2*-1;+2. The van der Waals surface area contributed by atoms with Crippen LogP contribution in [0.15, 0.2) is 42.5 Å². The summed E-state index contributed by atoms with van der Waals surface area (Å²) >= 11 is 0. The van der Waals surface area contributed by atoms with Crippen molar-refractivity contribution in [1.82, 2.24) is 0 Å². The van der Waals surface area contributed by atoms with Gasteiger partial charge in [0.1, 0.15) is 0 Å². The first-order valence-electron chi connectivity index (χ1n) is 3.63. The van der Waals surface area contributed by atoms with Crippen molar-refractivity contribution in [3.8, 4) is 0 Å². The summed E-state index contributed by atoms with van der Waals surface area (Å²) in [5.74, 6) is 0. The average Bonchev–Trinajstić information content (AvgIpc) is 2.67. The fourth-order valence-electron chi connectivity index (χ4n) is 0.802. The van der Waals surface area contributed by atoms with Crippen LogP contribution in [0.5, 0.6) is 0 Å². The van der Waals surface area contributed by atoms with Crippen LogP contribution in [0.2, 0.25) is 0 Å². The third kappa shape index (κ3) is 6.03. The smallest absolute Gasteiger partial charge is 0.321 e. The van der Waals surface area contributed by atoms with Crippen LogP contribution >= 0.6 is 0 Å². The van der Waals surface area contributed by atoms with E-state index >= 15 is 0 Å². The van der Waals surface area contributed by atoms with Crippen molar-refractivity contribution in [3.05, 3.63) is 48.9 Å². The first-order valence-corrected chi connectivity index (χ1v) is 3.63. The molecule has 0 unspecified atom stereocenters. The minimum absolute atomic E-state index is 0. The maximum absolute atomic E-state index is 2.25. The molecule has 0 saturated carbocycles. The third-order valence-electron chi connectivity index (χ3n) is 1.33. The van der Waals surface area contributed by atoms with Gasteiger partial charge in [0.15, 0.2) is 0 Å². The van der Waals surface area contributed by atoms with Gasteiger partial charge >= 0.3 is 17.1 Å². The predicted octanol–water partition coefficient (Wildman–Crippen LogP) is 2.94. The fourth-order valence-corrected chi connectivity index (χ4v) is 0.802. The first kappa shape index (κ1) is 10.6. The quantitative estimate of drug-likeness (QED) is 0.333. The van der Waals surface area contributed by atoms with Crippen LogP contribution < -0.4 is 0 Å². The van der Waals surface area contributed by atoms with Gasteiger partial charge in [-0.3, -0.25) is 0 Å². The van der Waals surface area contributed by atoms with Gasteiger partial charge in [-0.1, -0.05) is 0 Å². The Kier molecular flexibility index (Phi) is 7.44. The van der Waals surface area contributed by atoms with E-state index in [-0.39, 0.29) is 17.1 Å². The Balaban J connectivity index is 0.000000167. The van der Waals surface area contributed by atoms with Gasteiger partial charge < -0.3 is 6.42 Å². The van der Waals surface area contributed by atoms with Crippen molar-refractivity contribution in [1.29, 1.82) is 0 Å². The molecule has 60 valence electrons. The van der Waals surface area contributed by atoms with Gasteiger partial charge in [-0.2, -0.15) is 31.0 Å². The molecule has 1 aliphatic rings. The Morgan fingerprint density at radius 3 is 1.64 bits per heavy atom. The molecule has 0 atom stereocenters. The van der Waals surface area contributed by atoms with Gasteiger partial charge in [-0.05, 0) is 0 Å². The van der Waals surface area contributed by atoms with Crippen LogP contribution in [-0.2, 0) is 17.1 Å². The zero-order valence-corrected chi connectivity index (χ0v) is 7.49. The van der Waals surface area contributed by atoms with E-state index in [9.17, 15) is 0 Å². The molecule has 0 aliphatic heterocycles. The third-order valence-corrected chi connectivity index (χ3v) is 1.33. The Labute approximate surface area is 79.2 Å². The number of allylic oxidation sites excluding steroid dienone is 2. The zero-order chi connectivity index (χ0) is 7.07. The molecule has 0 aromatic heterocycles. The molecule has 11 heavy (non-hydrogen) atoms. The predicted molar refractivity (Wildman–Crippen MR) is 44.7 cm³/mol. The minimum atomic E-state index is 0. The Morgan fingerprint density at radius 2 is 1.45 bits per heavy atom. The van der Waals surface area contributed by atoms with Crippen molar-refractivity contribution in [3.63, 3.8) is 0 Å². The van der Waals surface area contributed by atoms with Crippen molar-refractivity contribution < 1.29 is 17.1 Å². The molecule has 0 spiro atoms. The molecule has 1 heteroatoms. The maximum atomic E-state index is 2.25. The van der Waals surface area contributed by atoms with Gasteiger partial charge in [-0.15, -0.1) is 12.2 Å². The molecule has 2 rings (SSSR count). The summed E-state index contributed by atoms with van der Waals surface area (Å²) < 4.78 is 0. The minimum Gasteiger partial charge on any atom is -0.321 e. The molecule has 0 saturated heterocycles. The van der Waals surface area contributed by atoms with Crippen molar-refractivity contribution in [2.45, 2.75) is 12.8 Å². The topological polar surface area (TPSA) is 0 Å². The second-order valence-electron chi connectivity index (χ2n) is 2.19. The van der Waals surface area contributed by atoms with E-state index in [0.717, 1.165) is 0 Å². The molecular formula is C10H12Fe. The molecule has 0 radical (unpaired) electrons. The summed E-state index contributed by atoms with van der Waals surface area (Å²) in [7, 11) is 0. The summed E-state index contributed by atoms with van der Waals surface area (Å²) in [6, 6.07) is 10.0. The van der Waals surface area contributed by atoms with E-state index in [4.69, 9.17) is 0 Å². The fraction of sp³-hybridized carbons (Fsp3) is 0.200. The number of rotatable bonds is 0. The van der Waals surface area contributed by atoms with Crippen LogP contribution in [-0.4, -0.2) is 0 Å². The van der Waals surface area contributed by atoms with Crippen LogP contribution in [0.4, 0.5) is 0 Å². The van der Waals surface area contributed by atoms with Crippen LogP contribution in [0.3, 0.4) is 0 Å². The number of hydrogen-bond acceptors (Lipinski definition) is 0. The summed E-state index contributed by atoms with van der Waals surface area (Å²) in [6.07, 6.45) is 9.00. The van der Waals surface area contributed by atoms with E-state index in [2.05, 4.69) is 18.6 Å². The Bertz CT molecular complexity index is 140. The number of hydrogen-bond donors (Lipinski definition) is 0. The van der Waals surface area contributed by atoms with Crippen molar-refractivity contribution >= 4 is 0 Å². The molecule has 0 N–H and O–H groups in total. The van der Waals surface area contributed by atoms with Crippen LogP contribution in [0.25, 0.3) is 0 Å². The summed E-state index contributed by atoms with van der Waals surface area (Å²) in [4.78, 5) is 0. The molecule has 0 amide bonds. The molecule has 0 fully saturated rings. The SMILES string of the molecule is C1=CC[CH-]C1.[Fe+2].c1cc[cH-]c1. The maximum Gasteiger partial charge on any atom is 2.00 e. The van der Waals surface area contributed by atoms with Gasteiger partial charge in [0.05, 0.1) is 0 Å². The van der Waals surface area contributed by atoms with E-state index in [1.807, 2.05) is 30.3 Å².